The van der Waals surface area contributed by atoms with Crippen molar-refractivity contribution in [3.8, 4) is 5.75 Å². The second-order valence-electron chi connectivity index (χ2n) is 4.43. The minimum Gasteiger partial charge on any atom is -0.494 e. The first-order valence-electron chi connectivity index (χ1n) is 5.72. The standard InChI is InChI=1S/C13H21NOS.ClH/c1-13(14,11-16)9-5-6-10-15-12-7-3-2-4-8-12;/h2-4,7-8,16H,5-6,9-11,14H2,1H3;1H. The number of halogens is 1. The van der Waals surface area contributed by atoms with Crippen LogP contribution in [0.15, 0.2) is 30.3 Å². The summed E-state index contributed by atoms with van der Waals surface area (Å²) in [4.78, 5) is 0. The van der Waals surface area contributed by atoms with Crippen LogP contribution in [0.3, 0.4) is 0 Å². The van der Waals surface area contributed by atoms with Gasteiger partial charge in [-0.3, -0.25) is 0 Å². The maximum absolute atomic E-state index is 5.99. The van der Waals surface area contributed by atoms with Gasteiger partial charge in [0.15, 0.2) is 0 Å². The van der Waals surface area contributed by atoms with Gasteiger partial charge in [0, 0.05) is 11.3 Å². The van der Waals surface area contributed by atoms with Crippen molar-refractivity contribution in [3.63, 3.8) is 0 Å². The van der Waals surface area contributed by atoms with E-state index in [1.807, 2.05) is 37.3 Å². The van der Waals surface area contributed by atoms with Crippen LogP contribution in [0.2, 0.25) is 0 Å². The Balaban J connectivity index is 0.00000256. The lowest BCUT2D eigenvalue weighted by atomic mass is 9.99. The Hall–Kier alpha value is -0.380. The van der Waals surface area contributed by atoms with Gasteiger partial charge in [-0.25, -0.2) is 0 Å². The first-order valence-corrected chi connectivity index (χ1v) is 6.35. The number of nitrogens with two attached hydrogens (primary N) is 1. The maximum Gasteiger partial charge on any atom is 0.119 e. The summed E-state index contributed by atoms with van der Waals surface area (Å²) in [5.74, 6) is 1.67. The highest BCUT2D eigenvalue weighted by Gasteiger charge is 2.14. The Morgan fingerprint density at radius 1 is 1.24 bits per heavy atom. The summed E-state index contributed by atoms with van der Waals surface area (Å²) in [5, 5.41) is 0. The molecule has 0 radical (unpaired) electrons. The summed E-state index contributed by atoms with van der Waals surface area (Å²) in [6, 6.07) is 9.89. The summed E-state index contributed by atoms with van der Waals surface area (Å²) >= 11 is 4.23. The van der Waals surface area contributed by atoms with Crippen molar-refractivity contribution < 1.29 is 4.74 Å². The summed E-state index contributed by atoms with van der Waals surface area (Å²) < 4.78 is 5.59. The van der Waals surface area contributed by atoms with E-state index in [0.29, 0.717) is 0 Å². The fraction of sp³-hybridized carbons (Fsp3) is 0.538. The van der Waals surface area contributed by atoms with Gasteiger partial charge in [0.2, 0.25) is 0 Å². The van der Waals surface area contributed by atoms with Crippen molar-refractivity contribution in [2.24, 2.45) is 5.73 Å². The third-order valence-electron chi connectivity index (χ3n) is 2.52. The molecule has 2 N–H and O–H groups in total. The fourth-order valence-corrected chi connectivity index (χ4v) is 1.57. The number of para-hydroxylation sites is 1. The molecule has 2 nitrogen and oxygen atoms in total. The zero-order valence-electron chi connectivity index (χ0n) is 10.3. The highest BCUT2D eigenvalue weighted by Crippen LogP contribution is 2.13. The Kier molecular flexibility index (Phi) is 8.48. The van der Waals surface area contributed by atoms with Gasteiger partial charge < -0.3 is 10.5 Å². The fourth-order valence-electron chi connectivity index (χ4n) is 1.42. The molecule has 0 fully saturated rings. The molecular weight excluding hydrogens is 254 g/mol. The number of unbranched alkanes of at least 4 members (excludes halogenated alkanes) is 1. The third-order valence-corrected chi connectivity index (χ3v) is 3.24. The van der Waals surface area contributed by atoms with E-state index in [1.165, 1.54) is 0 Å². The van der Waals surface area contributed by atoms with Crippen LogP contribution in [0, 0.1) is 0 Å². The number of ether oxygens (including phenoxy) is 1. The number of benzene rings is 1. The van der Waals surface area contributed by atoms with E-state index in [4.69, 9.17) is 10.5 Å². The molecule has 1 atom stereocenters. The zero-order valence-corrected chi connectivity index (χ0v) is 12.0. The van der Waals surface area contributed by atoms with Crippen molar-refractivity contribution in [3.05, 3.63) is 30.3 Å². The largest absolute Gasteiger partial charge is 0.494 e. The van der Waals surface area contributed by atoms with E-state index in [0.717, 1.165) is 37.4 Å². The molecular formula is C13H22ClNOS. The zero-order chi connectivity index (χ0) is 11.9. The summed E-state index contributed by atoms with van der Waals surface area (Å²) in [6.07, 6.45) is 3.12. The monoisotopic (exact) mass is 275 g/mol. The Morgan fingerprint density at radius 3 is 2.47 bits per heavy atom. The van der Waals surface area contributed by atoms with E-state index in [9.17, 15) is 0 Å². The molecule has 1 aromatic rings. The molecule has 0 saturated heterocycles. The summed E-state index contributed by atoms with van der Waals surface area (Å²) in [7, 11) is 0. The van der Waals surface area contributed by atoms with Crippen LogP contribution in [0.5, 0.6) is 5.75 Å². The molecule has 1 aromatic carbocycles. The average molecular weight is 276 g/mol. The van der Waals surface area contributed by atoms with E-state index in [2.05, 4.69) is 12.6 Å². The van der Waals surface area contributed by atoms with Crippen molar-refractivity contribution in [2.75, 3.05) is 12.4 Å². The molecule has 0 amide bonds. The predicted molar refractivity (Wildman–Crippen MR) is 79.5 cm³/mol. The first-order chi connectivity index (χ1) is 7.64. The second kappa shape index (κ2) is 8.67. The Labute approximate surface area is 116 Å². The van der Waals surface area contributed by atoms with E-state index in [1.54, 1.807) is 0 Å². The van der Waals surface area contributed by atoms with E-state index < -0.39 is 0 Å². The topological polar surface area (TPSA) is 35.2 Å². The van der Waals surface area contributed by atoms with Gasteiger partial charge in [-0.1, -0.05) is 18.2 Å². The minimum atomic E-state index is -0.143. The number of hydrogen-bond acceptors (Lipinski definition) is 3. The van der Waals surface area contributed by atoms with Gasteiger partial charge in [0.25, 0.3) is 0 Å². The molecule has 0 aromatic heterocycles. The second-order valence-corrected chi connectivity index (χ2v) is 4.75. The first kappa shape index (κ1) is 16.6. The number of rotatable bonds is 7. The van der Waals surface area contributed by atoms with Gasteiger partial charge in [0.1, 0.15) is 5.75 Å². The molecule has 0 aliphatic rings. The normalized spacial score (nSPS) is 13.6. The molecule has 1 unspecified atom stereocenters. The lowest BCUT2D eigenvalue weighted by Gasteiger charge is -2.21. The highest BCUT2D eigenvalue weighted by atomic mass is 35.5. The minimum absolute atomic E-state index is 0. The van der Waals surface area contributed by atoms with Crippen LogP contribution in [0.1, 0.15) is 26.2 Å². The van der Waals surface area contributed by atoms with Gasteiger partial charge >= 0.3 is 0 Å². The molecule has 0 aliphatic heterocycles. The highest BCUT2D eigenvalue weighted by molar-refractivity contribution is 7.80. The van der Waals surface area contributed by atoms with Crippen LogP contribution in [0.4, 0.5) is 0 Å². The van der Waals surface area contributed by atoms with E-state index >= 15 is 0 Å². The third kappa shape index (κ3) is 7.53. The van der Waals surface area contributed by atoms with Crippen molar-refractivity contribution in [1.29, 1.82) is 0 Å². The molecule has 0 spiro atoms. The molecule has 4 heteroatoms. The van der Waals surface area contributed by atoms with Crippen LogP contribution in [-0.2, 0) is 0 Å². The SMILES string of the molecule is CC(N)(CS)CCCCOc1ccccc1.Cl. The van der Waals surface area contributed by atoms with Crippen molar-refractivity contribution in [1.82, 2.24) is 0 Å². The predicted octanol–water partition coefficient (Wildman–Crippen LogP) is 3.30. The molecule has 98 valence electrons. The summed E-state index contributed by atoms with van der Waals surface area (Å²) in [5.41, 5.74) is 5.85. The smallest absolute Gasteiger partial charge is 0.119 e. The molecule has 0 saturated carbocycles. The molecule has 1 rings (SSSR count). The van der Waals surface area contributed by atoms with Gasteiger partial charge in [-0.05, 0) is 38.3 Å². The van der Waals surface area contributed by atoms with Gasteiger partial charge in [0.05, 0.1) is 6.61 Å². The lowest BCUT2D eigenvalue weighted by molar-refractivity contribution is 0.298. The molecule has 0 aliphatic carbocycles. The van der Waals surface area contributed by atoms with Crippen LogP contribution < -0.4 is 10.5 Å². The van der Waals surface area contributed by atoms with Crippen LogP contribution >= 0.6 is 25.0 Å². The average Bonchev–Trinajstić information content (AvgIpc) is 2.30. The van der Waals surface area contributed by atoms with Crippen molar-refractivity contribution in [2.45, 2.75) is 31.7 Å². The van der Waals surface area contributed by atoms with E-state index in [-0.39, 0.29) is 17.9 Å². The number of thiol groups is 1. The Bertz CT molecular complexity index is 293. The Morgan fingerprint density at radius 2 is 1.88 bits per heavy atom. The number of hydrogen-bond donors (Lipinski definition) is 2. The molecule has 0 heterocycles. The van der Waals surface area contributed by atoms with Crippen LogP contribution in [-0.4, -0.2) is 17.9 Å². The van der Waals surface area contributed by atoms with Gasteiger partial charge in [-0.2, -0.15) is 12.6 Å². The molecule has 0 bridgehead atoms. The lowest BCUT2D eigenvalue weighted by Crippen LogP contribution is -2.38. The summed E-state index contributed by atoms with van der Waals surface area (Å²) in [6.45, 7) is 2.80. The van der Waals surface area contributed by atoms with Crippen LogP contribution in [0.25, 0.3) is 0 Å². The molecule has 17 heavy (non-hydrogen) atoms. The quantitative estimate of drug-likeness (QED) is 0.592. The maximum atomic E-state index is 5.99. The van der Waals surface area contributed by atoms with Crippen molar-refractivity contribution >= 4 is 25.0 Å². The van der Waals surface area contributed by atoms with Gasteiger partial charge in [-0.15, -0.1) is 12.4 Å².